The van der Waals surface area contributed by atoms with Crippen molar-refractivity contribution in [3.05, 3.63) is 0 Å². The summed E-state index contributed by atoms with van der Waals surface area (Å²) < 4.78 is 12.0. The molecule has 1 saturated carbocycles. The molecule has 0 N–H and O–H groups in total. The lowest BCUT2D eigenvalue weighted by molar-refractivity contribution is -0.247. The number of unbranched alkanes of at least 4 members (excludes halogenated alkanes) is 4. The Morgan fingerprint density at radius 3 is 2.12 bits per heavy atom. The third kappa shape index (κ3) is 5.46. The minimum absolute atomic E-state index is 0.291. The second-order valence-corrected chi connectivity index (χ2v) is 8.07. The van der Waals surface area contributed by atoms with Gasteiger partial charge >= 0.3 is 0 Å². The Bertz CT molecular complexity index is 374. The Labute approximate surface area is 149 Å². The number of hydrogen-bond acceptors (Lipinski definition) is 3. The zero-order valence-electron chi connectivity index (χ0n) is 15.9. The van der Waals surface area contributed by atoms with Crippen LogP contribution in [0.5, 0.6) is 0 Å². The molecule has 0 bridgehead atoms. The van der Waals surface area contributed by atoms with Gasteiger partial charge in [0.1, 0.15) is 5.41 Å². The van der Waals surface area contributed by atoms with E-state index in [2.05, 4.69) is 19.9 Å². The van der Waals surface area contributed by atoms with Gasteiger partial charge in [-0.2, -0.15) is 5.26 Å². The van der Waals surface area contributed by atoms with E-state index >= 15 is 0 Å². The van der Waals surface area contributed by atoms with Crippen LogP contribution in [0.15, 0.2) is 0 Å². The van der Waals surface area contributed by atoms with Crippen molar-refractivity contribution in [3.8, 4) is 6.07 Å². The van der Waals surface area contributed by atoms with Gasteiger partial charge in [-0.05, 0) is 38.0 Å². The Kier molecular flexibility index (Phi) is 8.56. The molecule has 0 spiro atoms. The zero-order valence-corrected chi connectivity index (χ0v) is 15.9. The minimum atomic E-state index is -0.393. The molecule has 0 radical (unpaired) electrons. The lowest BCUT2D eigenvalue weighted by atomic mass is 9.69. The average molecular weight is 336 g/mol. The number of nitriles is 1. The first-order valence-electron chi connectivity index (χ1n) is 10.4. The lowest BCUT2D eigenvalue weighted by Gasteiger charge is -2.42. The largest absolute Gasteiger partial charge is 0.351 e. The summed E-state index contributed by atoms with van der Waals surface area (Å²) in [4.78, 5) is 0. The molecule has 0 aromatic heterocycles. The monoisotopic (exact) mass is 335 g/mol. The summed E-state index contributed by atoms with van der Waals surface area (Å²) in [7, 11) is 0. The van der Waals surface area contributed by atoms with Crippen LogP contribution in [-0.2, 0) is 9.47 Å². The molecule has 0 atom stereocenters. The van der Waals surface area contributed by atoms with Crippen molar-refractivity contribution in [2.75, 3.05) is 13.2 Å². The highest BCUT2D eigenvalue weighted by Gasteiger charge is 2.45. The molecule has 0 unspecified atom stereocenters. The molecule has 0 aromatic carbocycles. The van der Waals surface area contributed by atoms with Gasteiger partial charge in [-0.15, -0.1) is 0 Å². The quantitative estimate of drug-likeness (QED) is 0.497. The molecule has 24 heavy (non-hydrogen) atoms. The first-order valence-corrected chi connectivity index (χ1v) is 10.4. The Morgan fingerprint density at radius 1 is 0.875 bits per heavy atom. The molecule has 1 aliphatic heterocycles. The van der Waals surface area contributed by atoms with Crippen LogP contribution in [0.1, 0.15) is 90.9 Å². The molecule has 2 fully saturated rings. The van der Waals surface area contributed by atoms with E-state index in [0.717, 1.165) is 38.4 Å². The van der Waals surface area contributed by atoms with Gasteiger partial charge in [-0.3, -0.25) is 0 Å². The normalized spacial score (nSPS) is 34.0. The fourth-order valence-corrected chi connectivity index (χ4v) is 4.36. The SMILES string of the molecule is CCCCCCCC1CCC(C#N)(C2OCC(CCC)CO2)CC1. The molecule has 1 heterocycles. The highest BCUT2D eigenvalue weighted by Crippen LogP contribution is 2.45. The molecule has 0 amide bonds. The summed E-state index contributed by atoms with van der Waals surface area (Å²) in [6, 6.07) is 2.59. The highest BCUT2D eigenvalue weighted by atomic mass is 16.7. The highest BCUT2D eigenvalue weighted by molar-refractivity contribution is 5.04. The molecule has 3 nitrogen and oxygen atoms in total. The van der Waals surface area contributed by atoms with Crippen molar-refractivity contribution in [2.45, 2.75) is 97.2 Å². The predicted octanol–water partition coefficient (Wildman–Crippen LogP) is 5.84. The van der Waals surface area contributed by atoms with Gasteiger partial charge in [0, 0.05) is 5.92 Å². The maximum absolute atomic E-state index is 9.81. The molecular formula is C21H37NO2. The van der Waals surface area contributed by atoms with Gasteiger partial charge in [0.25, 0.3) is 0 Å². The first-order chi connectivity index (χ1) is 11.7. The standard InChI is InChI=1S/C21H37NO2/c1-3-5-6-7-8-10-18-11-13-21(17-22,14-12-18)20-23-15-19(9-4-2)16-24-20/h18-20H,3-16H2,1-2H3. The summed E-state index contributed by atoms with van der Waals surface area (Å²) in [6.07, 6.45) is 14.4. The second-order valence-electron chi connectivity index (χ2n) is 8.07. The summed E-state index contributed by atoms with van der Waals surface area (Å²) in [6.45, 7) is 6.00. The topological polar surface area (TPSA) is 42.2 Å². The Morgan fingerprint density at radius 2 is 1.54 bits per heavy atom. The van der Waals surface area contributed by atoms with E-state index in [-0.39, 0.29) is 6.29 Å². The van der Waals surface area contributed by atoms with Crippen molar-refractivity contribution < 1.29 is 9.47 Å². The molecule has 138 valence electrons. The molecule has 1 aliphatic carbocycles. The zero-order chi connectivity index (χ0) is 17.3. The van der Waals surface area contributed by atoms with Crippen LogP contribution < -0.4 is 0 Å². The number of nitrogens with zero attached hydrogens (tertiary/aromatic N) is 1. The van der Waals surface area contributed by atoms with Crippen molar-refractivity contribution >= 4 is 0 Å². The van der Waals surface area contributed by atoms with Gasteiger partial charge in [0.15, 0.2) is 6.29 Å². The van der Waals surface area contributed by atoms with E-state index in [1.807, 2.05) is 0 Å². The summed E-state index contributed by atoms with van der Waals surface area (Å²) >= 11 is 0. The average Bonchev–Trinajstić information content (AvgIpc) is 2.63. The third-order valence-corrected chi connectivity index (χ3v) is 6.05. The van der Waals surface area contributed by atoms with Gasteiger partial charge in [-0.1, -0.05) is 58.8 Å². The van der Waals surface area contributed by atoms with E-state index in [1.54, 1.807) is 0 Å². The maximum Gasteiger partial charge on any atom is 0.176 e. The molecular weight excluding hydrogens is 298 g/mol. The van der Waals surface area contributed by atoms with E-state index in [0.29, 0.717) is 5.92 Å². The van der Waals surface area contributed by atoms with E-state index in [1.165, 1.54) is 57.8 Å². The van der Waals surface area contributed by atoms with Crippen LogP contribution in [0.4, 0.5) is 0 Å². The summed E-state index contributed by atoms with van der Waals surface area (Å²) in [5.74, 6) is 1.32. The van der Waals surface area contributed by atoms with Crippen molar-refractivity contribution in [1.29, 1.82) is 5.26 Å². The predicted molar refractivity (Wildman–Crippen MR) is 97.5 cm³/mol. The number of hydrogen-bond donors (Lipinski definition) is 0. The van der Waals surface area contributed by atoms with E-state index in [4.69, 9.17) is 9.47 Å². The van der Waals surface area contributed by atoms with Crippen LogP contribution >= 0.6 is 0 Å². The molecule has 2 aliphatic rings. The molecule has 0 aromatic rings. The van der Waals surface area contributed by atoms with Crippen LogP contribution in [0.25, 0.3) is 0 Å². The summed E-state index contributed by atoms with van der Waals surface area (Å²) in [5.41, 5.74) is -0.393. The van der Waals surface area contributed by atoms with Crippen molar-refractivity contribution in [3.63, 3.8) is 0 Å². The van der Waals surface area contributed by atoms with Crippen LogP contribution in [-0.4, -0.2) is 19.5 Å². The second kappa shape index (κ2) is 10.4. The van der Waals surface area contributed by atoms with E-state index in [9.17, 15) is 5.26 Å². The van der Waals surface area contributed by atoms with Gasteiger partial charge in [0.05, 0.1) is 19.3 Å². The molecule has 1 saturated heterocycles. The van der Waals surface area contributed by atoms with Gasteiger partial charge in [0.2, 0.25) is 0 Å². The lowest BCUT2D eigenvalue weighted by Crippen LogP contribution is -2.45. The van der Waals surface area contributed by atoms with Gasteiger partial charge in [-0.25, -0.2) is 0 Å². The minimum Gasteiger partial charge on any atom is -0.351 e. The van der Waals surface area contributed by atoms with Gasteiger partial charge < -0.3 is 9.47 Å². The number of rotatable bonds is 9. The summed E-state index contributed by atoms with van der Waals surface area (Å²) in [5, 5.41) is 9.81. The Hall–Kier alpha value is -0.590. The van der Waals surface area contributed by atoms with Crippen LogP contribution in [0.2, 0.25) is 0 Å². The fraction of sp³-hybridized carbons (Fsp3) is 0.952. The molecule has 3 heteroatoms. The van der Waals surface area contributed by atoms with Crippen molar-refractivity contribution in [1.82, 2.24) is 0 Å². The third-order valence-electron chi connectivity index (χ3n) is 6.05. The Balaban J connectivity index is 1.72. The number of ether oxygens (including phenoxy) is 2. The van der Waals surface area contributed by atoms with Crippen LogP contribution in [0, 0.1) is 28.6 Å². The maximum atomic E-state index is 9.81. The van der Waals surface area contributed by atoms with E-state index < -0.39 is 5.41 Å². The fourth-order valence-electron chi connectivity index (χ4n) is 4.36. The van der Waals surface area contributed by atoms with Crippen LogP contribution in [0.3, 0.4) is 0 Å². The first kappa shape index (κ1) is 19.7. The molecule has 2 rings (SSSR count). The smallest absolute Gasteiger partial charge is 0.176 e. The van der Waals surface area contributed by atoms with Crippen molar-refractivity contribution in [2.24, 2.45) is 17.3 Å².